The number of hydrogen-bond acceptors (Lipinski definition) is 7. The molecule has 1 heterocycles. The molecule has 2 bridgehead atoms. The highest BCUT2D eigenvalue weighted by atomic mass is 16.6. The van der Waals surface area contributed by atoms with Crippen LogP contribution in [0.5, 0.6) is 11.5 Å². The van der Waals surface area contributed by atoms with Gasteiger partial charge in [0, 0.05) is 17.7 Å². The highest BCUT2D eigenvalue weighted by Crippen LogP contribution is 2.49. The molecule has 5 rings (SSSR count). The smallest absolute Gasteiger partial charge is 0.311 e. The van der Waals surface area contributed by atoms with Crippen LogP contribution in [0.3, 0.4) is 0 Å². The van der Waals surface area contributed by atoms with Crippen molar-refractivity contribution in [2.24, 2.45) is 28.8 Å². The van der Waals surface area contributed by atoms with Gasteiger partial charge in [-0.3, -0.25) is 19.7 Å². The first-order valence-corrected chi connectivity index (χ1v) is 8.96. The summed E-state index contributed by atoms with van der Waals surface area (Å²) in [6, 6.07) is 2.61. The number of ether oxygens (including phenoxy) is 2. The Kier molecular flexibility index (Phi) is 4.37. The van der Waals surface area contributed by atoms with Gasteiger partial charge in [-0.1, -0.05) is 12.2 Å². The lowest BCUT2D eigenvalue weighted by Gasteiger charge is -2.37. The Balaban J connectivity index is 1.66. The lowest BCUT2D eigenvalue weighted by atomic mass is 9.63. The highest BCUT2D eigenvalue weighted by Gasteiger charge is 2.56. The predicted octanol–water partition coefficient (Wildman–Crippen LogP) is 2.14. The molecule has 1 aliphatic heterocycles. The molecule has 28 heavy (non-hydrogen) atoms. The summed E-state index contributed by atoms with van der Waals surface area (Å²) < 4.78 is 10.3. The summed E-state index contributed by atoms with van der Waals surface area (Å²) in [6.07, 6.45) is 7.11. The van der Waals surface area contributed by atoms with E-state index in [4.69, 9.17) is 9.47 Å². The second-order valence-electron chi connectivity index (χ2n) is 7.10. The van der Waals surface area contributed by atoms with E-state index in [1.54, 1.807) is 0 Å². The van der Waals surface area contributed by atoms with Crippen LogP contribution in [0.1, 0.15) is 18.4 Å². The Bertz CT molecular complexity index is 892. The van der Waals surface area contributed by atoms with E-state index in [0.717, 1.165) is 17.9 Å². The molecule has 1 saturated carbocycles. The first-order chi connectivity index (χ1) is 13.5. The molecule has 0 aromatic heterocycles. The summed E-state index contributed by atoms with van der Waals surface area (Å²) >= 11 is 0. The van der Waals surface area contributed by atoms with Gasteiger partial charge in [-0.25, -0.2) is 0 Å². The van der Waals surface area contributed by atoms with Gasteiger partial charge in [-0.2, -0.15) is 10.1 Å². The molecule has 9 heteroatoms. The number of carbonyl (C=O) groups is 2. The summed E-state index contributed by atoms with van der Waals surface area (Å²) in [5, 5.41) is 16.2. The van der Waals surface area contributed by atoms with Gasteiger partial charge in [0.15, 0.2) is 0 Å². The molecule has 4 atom stereocenters. The average molecular weight is 385 g/mol. The van der Waals surface area contributed by atoms with Crippen molar-refractivity contribution in [3.05, 3.63) is 40.0 Å². The number of rotatable bonds is 5. The zero-order valence-corrected chi connectivity index (χ0v) is 15.4. The van der Waals surface area contributed by atoms with Gasteiger partial charge in [0.1, 0.15) is 5.75 Å². The van der Waals surface area contributed by atoms with Crippen molar-refractivity contribution in [1.82, 2.24) is 5.01 Å². The average Bonchev–Trinajstić information content (AvgIpc) is 2.98. The van der Waals surface area contributed by atoms with Crippen molar-refractivity contribution in [2.75, 3.05) is 14.2 Å². The van der Waals surface area contributed by atoms with Crippen LogP contribution in [0.25, 0.3) is 0 Å². The fourth-order valence-corrected chi connectivity index (χ4v) is 4.44. The Morgan fingerprint density at radius 3 is 2.11 bits per heavy atom. The number of benzene rings is 1. The molecule has 1 saturated heterocycles. The minimum atomic E-state index is -0.584. The molecule has 1 aromatic rings. The van der Waals surface area contributed by atoms with Crippen LogP contribution in [0.2, 0.25) is 0 Å². The summed E-state index contributed by atoms with van der Waals surface area (Å²) in [7, 11) is 2.73. The van der Waals surface area contributed by atoms with Gasteiger partial charge in [0.2, 0.25) is 5.75 Å². The molecule has 0 spiro atoms. The van der Waals surface area contributed by atoms with Gasteiger partial charge in [-0.05, 0) is 24.7 Å². The second-order valence-corrected chi connectivity index (χ2v) is 7.10. The third-order valence-corrected chi connectivity index (χ3v) is 5.78. The zero-order chi connectivity index (χ0) is 20.0. The summed E-state index contributed by atoms with van der Waals surface area (Å²) in [5.74, 6) is -0.877. The van der Waals surface area contributed by atoms with Crippen molar-refractivity contribution in [1.29, 1.82) is 0 Å². The monoisotopic (exact) mass is 385 g/mol. The minimum absolute atomic E-state index is 0.0426. The zero-order valence-electron chi connectivity index (χ0n) is 15.4. The van der Waals surface area contributed by atoms with Gasteiger partial charge in [-0.15, -0.1) is 0 Å². The third-order valence-electron chi connectivity index (χ3n) is 5.78. The maximum absolute atomic E-state index is 12.8. The molecule has 0 radical (unpaired) electrons. The first kappa shape index (κ1) is 18.1. The number of hydrazone groups is 1. The topological polar surface area (TPSA) is 111 Å². The van der Waals surface area contributed by atoms with E-state index in [9.17, 15) is 19.7 Å². The largest absolute Gasteiger partial charge is 0.496 e. The number of amides is 2. The van der Waals surface area contributed by atoms with Crippen LogP contribution in [-0.4, -0.2) is 42.2 Å². The number of nitrogens with zero attached hydrogens (tertiary/aromatic N) is 3. The van der Waals surface area contributed by atoms with Gasteiger partial charge in [0.05, 0.1) is 37.2 Å². The predicted molar refractivity (Wildman–Crippen MR) is 98.0 cm³/mol. The van der Waals surface area contributed by atoms with Gasteiger partial charge >= 0.3 is 5.69 Å². The Hall–Kier alpha value is -3.23. The summed E-state index contributed by atoms with van der Waals surface area (Å²) in [6.45, 7) is 0. The van der Waals surface area contributed by atoms with E-state index in [1.807, 2.05) is 12.2 Å². The van der Waals surface area contributed by atoms with Crippen LogP contribution in [-0.2, 0) is 9.59 Å². The molecule has 0 N–H and O–H groups in total. The number of carbonyl (C=O) groups excluding carboxylic acids is 2. The fraction of sp³-hybridized carbons (Fsp3) is 0.421. The SMILES string of the molecule is COc1cc(OC)c([N+](=O)[O-])cc1/C=N\N1C(=O)[C@@H]2[C@H](C1=O)[C@@H]1C=C[C@H]2CC1. The van der Waals surface area contributed by atoms with Crippen LogP contribution in [0.4, 0.5) is 5.69 Å². The first-order valence-electron chi connectivity index (χ1n) is 8.96. The van der Waals surface area contributed by atoms with Crippen molar-refractivity contribution < 1.29 is 24.0 Å². The normalized spacial score (nSPS) is 28.1. The van der Waals surface area contributed by atoms with E-state index in [2.05, 4.69) is 5.10 Å². The Labute approximate surface area is 160 Å². The van der Waals surface area contributed by atoms with Crippen LogP contribution in [0, 0.1) is 33.8 Å². The maximum atomic E-state index is 12.8. The molecular weight excluding hydrogens is 366 g/mol. The van der Waals surface area contributed by atoms with Crippen molar-refractivity contribution >= 4 is 23.7 Å². The fourth-order valence-electron chi connectivity index (χ4n) is 4.44. The third kappa shape index (κ3) is 2.65. The van der Waals surface area contributed by atoms with Crippen molar-refractivity contribution in [3.63, 3.8) is 0 Å². The molecule has 1 aromatic carbocycles. The number of fused-ring (bicyclic) bond motifs is 1. The van der Waals surface area contributed by atoms with E-state index in [-0.39, 0.29) is 58.2 Å². The molecule has 4 aliphatic rings. The van der Waals surface area contributed by atoms with Gasteiger partial charge < -0.3 is 9.47 Å². The lowest BCUT2D eigenvalue weighted by Crippen LogP contribution is -2.38. The number of imide groups is 1. The Morgan fingerprint density at radius 2 is 1.64 bits per heavy atom. The molecule has 9 nitrogen and oxygen atoms in total. The van der Waals surface area contributed by atoms with E-state index < -0.39 is 4.92 Å². The number of hydrogen-bond donors (Lipinski definition) is 0. The Morgan fingerprint density at radius 1 is 1.07 bits per heavy atom. The van der Waals surface area contributed by atoms with Gasteiger partial charge in [0.25, 0.3) is 11.8 Å². The van der Waals surface area contributed by atoms with Crippen molar-refractivity contribution in [2.45, 2.75) is 12.8 Å². The molecule has 2 amide bonds. The lowest BCUT2D eigenvalue weighted by molar-refractivity contribution is -0.385. The second kappa shape index (κ2) is 6.74. The number of methoxy groups -OCH3 is 2. The van der Waals surface area contributed by atoms with Crippen LogP contribution >= 0.6 is 0 Å². The molecular formula is C19H19N3O6. The molecule has 146 valence electrons. The van der Waals surface area contributed by atoms with Crippen LogP contribution in [0.15, 0.2) is 29.4 Å². The van der Waals surface area contributed by atoms with E-state index in [1.165, 1.54) is 32.6 Å². The minimum Gasteiger partial charge on any atom is -0.496 e. The summed E-state index contributed by atoms with van der Waals surface area (Å²) in [4.78, 5) is 36.3. The van der Waals surface area contributed by atoms with Crippen LogP contribution < -0.4 is 9.47 Å². The summed E-state index contributed by atoms with van der Waals surface area (Å²) in [5.41, 5.74) is 0.00584. The molecule has 0 unspecified atom stereocenters. The highest BCUT2D eigenvalue weighted by molar-refractivity contribution is 6.06. The molecule has 3 aliphatic carbocycles. The van der Waals surface area contributed by atoms with E-state index >= 15 is 0 Å². The number of allylic oxidation sites excluding steroid dienone is 2. The number of nitro benzene ring substituents is 1. The van der Waals surface area contributed by atoms with Crippen molar-refractivity contribution in [3.8, 4) is 11.5 Å². The van der Waals surface area contributed by atoms with E-state index in [0.29, 0.717) is 0 Å². The standard InChI is InChI=1S/C19H19N3O6/c1-27-14-8-15(28-2)13(22(25)26)7-12(14)9-20-21-18(23)16-10-3-4-11(6-5-10)17(16)19(21)24/h3-4,7-11,16-17H,5-6H2,1-2H3/b20-9-/t10-,11+,16-,17+. The molecule has 2 fully saturated rings. The quantitative estimate of drug-likeness (QED) is 0.252. The number of nitro groups is 1. The maximum Gasteiger partial charge on any atom is 0.311 e.